The summed E-state index contributed by atoms with van der Waals surface area (Å²) in [6.07, 6.45) is 2.98. The van der Waals surface area contributed by atoms with Crippen LogP contribution in [0.1, 0.15) is 11.1 Å². The van der Waals surface area contributed by atoms with Crippen LogP contribution < -0.4 is 5.32 Å². The summed E-state index contributed by atoms with van der Waals surface area (Å²) < 4.78 is 13.6. The summed E-state index contributed by atoms with van der Waals surface area (Å²) in [4.78, 5) is 12.3. The van der Waals surface area contributed by atoms with Crippen molar-refractivity contribution in [2.45, 2.75) is 0 Å². The lowest BCUT2D eigenvalue weighted by Gasteiger charge is -1.96. The molecule has 2 aromatic carbocycles. The number of nitrogens with one attached hydrogen (secondary N) is 1. The van der Waals surface area contributed by atoms with Gasteiger partial charge in [-0.25, -0.2) is 4.39 Å². The maximum Gasteiger partial charge on any atom is 0.264 e. The van der Waals surface area contributed by atoms with E-state index in [0.717, 1.165) is 17.3 Å². The summed E-state index contributed by atoms with van der Waals surface area (Å²) in [6, 6.07) is 13.4. The number of hydrogen-bond donors (Lipinski definition) is 1. The largest absolute Gasteiger partial charge is 0.299 e. The minimum Gasteiger partial charge on any atom is -0.299 e. The van der Waals surface area contributed by atoms with Crippen molar-refractivity contribution in [3.05, 3.63) is 75.4 Å². The maximum absolute atomic E-state index is 13.6. The van der Waals surface area contributed by atoms with E-state index in [0.29, 0.717) is 20.7 Å². The van der Waals surface area contributed by atoms with Gasteiger partial charge in [0, 0.05) is 16.1 Å². The molecule has 2 aromatic rings. The molecule has 3 rings (SSSR count). The Morgan fingerprint density at radius 3 is 2.54 bits per heavy atom. The standard InChI is InChI=1S/C17H11ClFN3OS/c18-13-7-3-1-6-12(13)10-20-22-17-21-16(23)15(24-17)9-11-5-2-4-8-14(11)19/h1-10H,(H,21,22,23). The highest BCUT2D eigenvalue weighted by atomic mass is 35.5. The highest BCUT2D eigenvalue weighted by Crippen LogP contribution is 2.26. The molecule has 1 amide bonds. The molecule has 0 radical (unpaired) electrons. The number of carbonyl (C=O) groups excluding carboxylic acids is 1. The smallest absolute Gasteiger partial charge is 0.264 e. The van der Waals surface area contributed by atoms with Gasteiger partial charge in [-0.2, -0.15) is 5.10 Å². The molecule has 0 saturated carbocycles. The molecule has 1 aliphatic rings. The Morgan fingerprint density at radius 1 is 1.08 bits per heavy atom. The van der Waals surface area contributed by atoms with E-state index in [1.807, 2.05) is 12.1 Å². The second-order valence-corrected chi connectivity index (χ2v) is 6.20. The third-order valence-electron chi connectivity index (χ3n) is 3.09. The maximum atomic E-state index is 13.6. The van der Waals surface area contributed by atoms with Crippen molar-refractivity contribution < 1.29 is 9.18 Å². The van der Waals surface area contributed by atoms with Crippen LogP contribution in [0.5, 0.6) is 0 Å². The Balaban J connectivity index is 1.75. The van der Waals surface area contributed by atoms with E-state index in [4.69, 9.17) is 11.6 Å². The summed E-state index contributed by atoms with van der Waals surface area (Å²) in [6.45, 7) is 0. The number of amidine groups is 1. The molecule has 1 N–H and O–H groups in total. The van der Waals surface area contributed by atoms with Gasteiger partial charge in [-0.3, -0.25) is 10.1 Å². The molecule has 1 saturated heterocycles. The monoisotopic (exact) mass is 359 g/mol. The number of carbonyl (C=O) groups is 1. The van der Waals surface area contributed by atoms with E-state index in [-0.39, 0.29) is 11.7 Å². The van der Waals surface area contributed by atoms with Crippen molar-refractivity contribution in [3.8, 4) is 0 Å². The summed E-state index contributed by atoms with van der Waals surface area (Å²) >= 11 is 7.11. The van der Waals surface area contributed by atoms with Crippen LogP contribution in [-0.4, -0.2) is 17.3 Å². The topological polar surface area (TPSA) is 53.8 Å². The van der Waals surface area contributed by atoms with Crippen LogP contribution in [-0.2, 0) is 4.79 Å². The van der Waals surface area contributed by atoms with Gasteiger partial charge in [0.25, 0.3) is 5.91 Å². The van der Waals surface area contributed by atoms with E-state index in [2.05, 4.69) is 15.5 Å². The summed E-state index contributed by atoms with van der Waals surface area (Å²) in [5.74, 6) is -0.726. The van der Waals surface area contributed by atoms with Gasteiger partial charge in [0.1, 0.15) is 5.82 Å². The first-order chi connectivity index (χ1) is 11.6. The normalized spacial score (nSPS) is 17.8. The number of rotatable bonds is 3. The van der Waals surface area contributed by atoms with Gasteiger partial charge in [0.05, 0.1) is 11.1 Å². The quantitative estimate of drug-likeness (QED) is 0.510. The molecule has 0 unspecified atom stereocenters. The van der Waals surface area contributed by atoms with Crippen LogP contribution in [0.2, 0.25) is 5.02 Å². The fourth-order valence-electron chi connectivity index (χ4n) is 1.93. The number of hydrogen-bond acceptors (Lipinski definition) is 4. The average Bonchev–Trinajstić information content (AvgIpc) is 2.91. The van der Waals surface area contributed by atoms with Crippen LogP contribution in [0.25, 0.3) is 6.08 Å². The number of amides is 1. The molecule has 0 aliphatic carbocycles. The Hall–Kier alpha value is -2.44. The summed E-state index contributed by atoms with van der Waals surface area (Å²) in [7, 11) is 0. The first kappa shape index (κ1) is 16.4. The molecule has 0 spiro atoms. The molecule has 24 heavy (non-hydrogen) atoms. The van der Waals surface area contributed by atoms with E-state index >= 15 is 0 Å². The zero-order valence-corrected chi connectivity index (χ0v) is 13.8. The third-order valence-corrected chi connectivity index (χ3v) is 4.34. The highest BCUT2D eigenvalue weighted by Gasteiger charge is 2.24. The number of thioether (sulfide) groups is 1. The lowest BCUT2D eigenvalue weighted by Crippen LogP contribution is -2.19. The second kappa shape index (κ2) is 7.42. The van der Waals surface area contributed by atoms with E-state index in [1.165, 1.54) is 18.4 Å². The van der Waals surface area contributed by atoms with Crippen LogP contribution in [0, 0.1) is 5.82 Å². The van der Waals surface area contributed by atoms with E-state index in [1.54, 1.807) is 30.3 Å². The zero-order valence-electron chi connectivity index (χ0n) is 12.2. The van der Waals surface area contributed by atoms with Gasteiger partial charge in [0.15, 0.2) is 5.17 Å². The third kappa shape index (κ3) is 3.90. The molecular weight excluding hydrogens is 349 g/mol. The summed E-state index contributed by atoms with van der Waals surface area (Å²) in [5, 5.41) is 11.3. The molecule has 7 heteroatoms. The van der Waals surface area contributed by atoms with Crippen molar-refractivity contribution in [1.29, 1.82) is 0 Å². The van der Waals surface area contributed by atoms with Crippen molar-refractivity contribution in [1.82, 2.24) is 5.32 Å². The molecule has 1 fully saturated rings. The lowest BCUT2D eigenvalue weighted by atomic mass is 10.2. The molecule has 1 aliphatic heterocycles. The number of benzene rings is 2. The molecule has 4 nitrogen and oxygen atoms in total. The minimum absolute atomic E-state index is 0.325. The van der Waals surface area contributed by atoms with Crippen LogP contribution in [0.3, 0.4) is 0 Å². The second-order valence-electron chi connectivity index (χ2n) is 4.76. The SMILES string of the molecule is O=C1NC(=NN=Cc2ccccc2Cl)SC1=Cc1ccccc1F. The fourth-order valence-corrected chi connectivity index (χ4v) is 2.89. The van der Waals surface area contributed by atoms with Gasteiger partial charge >= 0.3 is 0 Å². The summed E-state index contributed by atoms with van der Waals surface area (Å²) in [5.41, 5.74) is 1.07. The van der Waals surface area contributed by atoms with Crippen molar-refractivity contribution >= 4 is 46.7 Å². The molecular formula is C17H11ClFN3OS. The molecule has 1 heterocycles. The van der Waals surface area contributed by atoms with Crippen LogP contribution in [0.4, 0.5) is 4.39 Å². The fraction of sp³-hybridized carbons (Fsp3) is 0. The van der Waals surface area contributed by atoms with Gasteiger partial charge in [0.2, 0.25) is 0 Å². The van der Waals surface area contributed by atoms with Gasteiger partial charge in [-0.1, -0.05) is 48.0 Å². The van der Waals surface area contributed by atoms with Crippen molar-refractivity contribution in [3.63, 3.8) is 0 Å². The Kier molecular flexibility index (Phi) is 5.08. The van der Waals surface area contributed by atoms with Crippen LogP contribution in [0.15, 0.2) is 63.6 Å². The lowest BCUT2D eigenvalue weighted by molar-refractivity contribution is -0.115. The van der Waals surface area contributed by atoms with E-state index < -0.39 is 0 Å². The highest BCUT2D eigenvalue weighted by molar-refractivity contribution is 8.18. The first-order valence-electron chi connectivity index (χ1n) is 6.94. The minimum atomic E-state index is -0.388. The first-order valence-corrected chi connectivity index (χ1v) is 8.14. The Labute approximate surface area is 147 Å². The van der Waals surface area contributed by atoms with Gasteiger partial charge < -0.3 is 0 Å². The molecule has 0 bridgehead atoms. The Bertz CT molecular complexity index is 880. The predicted octanol–water partition coefficient (Wildman–Crippen LogP) is 4.07. The van der Waals surface area contributed by atoms with Gasteiger partial charge in [-0.05, 0) is 30.0 Å². The average molecular weight is 360 g/mol. The number of halogens is 2. The van der Waals surface area contributed by atoms with Crippen molar-refractivity contribution in [2.75, 3.05) is 0 Å². The van der Waals surface area contributed by atoms with Crippen molar-refractivity contribution in [2.24, 2.45) is 10.2 Å². The zero-order chi connectivity index (χ0) is 16.9. The van der Waals surface area contributed by atoms with E-state index in [9.17, 15) is 9.18 Å². The van der Waals surface area contributed by atoms with Crippen LogP contribution >= 0.6 is 23.4 Å². The molecule has 0 atom stereocenters. The predicted molar refractivity (Wildman–Crippen MR) is 96.6 cm³/mol. The van der Waals surface area contributed by atoms with Gasteiger partial charge in [-0.15, -0.1) is 5.10 Å². The Morgan fingerprint density at radius 2 is 1.79 bits per heavy atom. The molecule has 120 valence electrons. The number of nitrogens with zero attached hydrogens (tertiary/aromatic N) is 2. The molecule has 0 aromatic heterocycles.